The average Bonchev–Trinajstić information content (AvgIpc) is 2.34. The fraction of sp³-hybridized carbons (Fsp3) is 0.538. The van der Waals surface area contributed by atoms with Gasteiger partial charge in [-0.05, 0) is 30.9 Å². The van der Waals surface area contributed by atoms with Crippen LogP contribution < -0.4 is 5.73 Å². The highest BCUT2D eigenvalue weighted by atomic mass is 19.1. The largest absolute Gasteiger partial charge is 0.391 e. The number of nitrogens with zero attached hydrogens (tertiary/aromatic N) is 1. The fourth-order valence-electron chi connectivity index (χ4n) is 1.85. The molecule has 0 bridgehead atoms. The van der Waals surface area contributed by atoms with Gasteiger partial charge in [-0.25, -0.2) is 4.39 Å². The molecule has 0 aromatic heterocycles. The van der Waals surface area contributed by atoms with E-state index < -0.39 is 22.9 Å². The Hall–Kier alpha value is -1.53. The van der Waals surface area contributed by atoms with E-state index in [2.05, 4.69) is 0 Å². The molecule has 0 heterocycles. The molecule has 5 nitrogen and oxygen atoms in total. The third-order valence-corrected chi connectivity index (χ3v) is 3.00. The first kappa shape index (κ1) is 15.5. The lowest BCUT2D eigenvalue weighted by Gasteiger charge is -2.20. The van der Waals surface area contributed by atoms with Gasteiger partial charge in [0.2, 0.25) is 0 Å². The summed E-state index contributed by atoms with van der Waals surface area (Å²) in [5.74, 6) is -0.212. The minimum atomic E-state index is -0.963. The number of benzene rings is 1. The molecule has 0 saturated heterocycles. The molecule has 0 unspecified atom stereocenters. The Morgan fingerprint density at radius 2 is 2.05 bits per heavy atom. The summed E-state index contributed by atoms with van der Waals surface area (Å²) in [4.78, 5) is 10.3. The fourth-order valence-corrected chi connectivity index (χ4v) is 1.85. The van der Waals surface area contributed by atoms with Crippen LogP contribution in [0.4, 0.5) is 10.1 Å². The van der Waals surface area contributed by atoms with Crippen LogP contribution in [0.3, 0.4) is 0 Å². The maximum Gasteiger partial charge on any atom is 0.274 e. The zero-order valence-corrected chi connectivity index (χ0v) is 11.0. The van der Waals surface area contributed by atoms with Gasteiger partial charge in [0.05, 0.1) is 22.6 Å². The van der Waals surface area contributed by atoms with E-state index in [9.17, 15) is 19.6 Å². The van der Waals surface area contributed by atoms with Crippen molar-refractivity contribution in [2.75, 3.05) is 0 Å². The molecular weight excluding hydrogens is 251 g/mol. The van der Waals surface area contributed by atoms with Crippen LogP contribution in [-0.4, -0.2) is 16.1 Å². The SMILES string of the molecule is CC(C)CC[C@@H](O)[C@@H](N)c1cc(F)ccc1[N+](=O)[O-]. The summed E-state index contributed by atoms with van der Waals surface area (Å²) in [5, 5.41) is 20.8. The molecular formula is C13H19FN2O3. The lowest BCUT2D eigenvalue weighted by Crippen LogP contribution is -2.27. The molecule has 6 heteroatoms. The molecule has 0 fully saturated rings. The van der Waals surface area contributed by atoms with E-state index >= 15 is 0 Å². The van der Waals surface area contributed by atoms with Crippen LogP contribution in [0.5, 0.6) is 0 Å². The number of hydrogen-bond donors (Lipinski definition) is 2. The second-order valence-corrected chi connectivity index (χ2v) is 5.02. The Labute approximate surface area is 111 Å². The average molecular weight is 270 g/mol. The van der Waals surface area contributed by atoms with Crippen molar-refractivity contribution >= 4 is 5.69 Å². The van der Waals surface area contributed by atoms with Crippen molar-refractivity contribution in [1.82, 2.24) is 0 Å². The second kappa shape index (κ2) is 6.58. The van der Waals surface area contributed by atoms with Crippen molar-refractivity contribution < 1.29 is 14.4 Å². The zero-order valence-electron chi connectivity index (χ0n) is 11.0. The molecule has 1 aromatic rings. The number of halogens is 1. The van der Waals surface area contributed by atoms with Crippen molar-refractivity contribution in [1.29, 1.82) is 0 Å². The van der Waals surface area contributed by atoms with Crippen molar-refractivity contribution in [3.8, 4) is 0 Å². The van der Waals surface area contributed by atoms with E-state index in [-0.39, 0.29) is 11.3 Å². The lowest BCUT2D eigenvalue weighted by molar-refractivity contribution is -0.385. The third kappa shape index (κ3) is 4.25. The summed E-state index contributed by atoms with van der Waals surface area (Å²) in [6.45, 7) is 4.01. The Kier molecular flexibility index (Phi) is 5.38. The van der Waals surface area contributed by atoms with Crippen molar-refractivity contribution in [2.24, 2.45) is 11.7 Å². The zero-order chi connectivity index (χ0) is 14.6. The lowest BCUT2D eigenvalue weighted by atomic mass is 9.95. The van der Waals surface area contributed by atoms with Crippen LogP contribution in [0.15, 0.2) is 18.2 Å². The first-order chi connectivity index (χ1) is 8.82. The number of aliphatic hydroxyl groups excluding tert-OH is 1. The van der Waals surface area contributed by atoms with Crippen molar-refractivity contribution in [3.63, 3.8) is 0 Å². The van der Waals surface area contributed by atoms with Crippen LogP contribution in [0.1, 0.15) is 38.3 Å². The number of nitrogens with two attached hydrogens (primary N) is 1. The smallest absolute Gasteiger partial charge is 0.274 e. The molecule has 19 heavy (non-hydrogen) atoms. The van der Waals surface area contributed by atoms with Gasteiger partial charge < -0.3 is 10.8 Å². The van der Waals surface area contributed by atoms with Crippen LogP contribution in [0, 0.1) is 21.8 Å². The van der Waals surface area contributed by atoms with E-state index in [1.807, 2.05) is 13.8 Å². The first-order valence-corrected chi connectivity index (χ1v) is 6.20. The summed E-state index contributed by atoms with van der Waals surface area (Å²) >= 11 is 0. The summed E-state index contributed by atoms with van der Waals surface area (Å²) in [5.41, 5.74) is 5.57. The van der Waals surface area contributed by atoms with Gasteiger partial charge in [0, 0.05) is 6.07 Å². The van der Waals surface area contributed by atoms with Gasteiger partial charge in [-0.1, -0.05) is 13.8 Å². The predicted octanol–water partition coefficient (Wildman–Crippen LogP) is 2.53. The molecule has 2 atom stereocenters. The van der Waals surface area contributed by atoms with Gasteiger partial charge in [0.25, 0.3) is 5.69 Å². The van der Waals surface area contributed by atoms with Gasteiger partial charge in [-0.2, -0.15) is 0 Å². The Morgan fingerprint density at radius 1 is 1.42 bits per heavy atom. The molecule has 0 saturated carbocycles. The molecule has 1 aromatic carbocycles. The highest BCUT2D eigenvalue weighted by Gasteiger charge is 2.25. The summed E-state index contributed by atoms with van der Waals surface area (Å²) in [7, 11) is 0. The number of nitro benzene ring substituents is 1. The standard InChI is InChI=1S/C13H19FN2O3/c1-8(2)3-6-12(17)13(15)10-7-9(14)4-5-11(10)16(18)19/h4-5,7-8,12-13,17H,3,6,15H2,1-2H3/t12-,13+/m1/s1. The van der Waals surface area contributed by atoms with Crippen molar-refractivity contribution in [3.05, 3.63) is 39.7 Å². The van der Waals surface area contributed by atoms with E-state index in [1.54, 1.807) is 0 Å². The molecule has 0 aliphatic carbocycles. The first-order valence-electron chi connectivity index (χ1n) is 6.20. The monoisotopic (exact) mass is 270 g/mol. The number of nitro groups is 1. The van der Waals surface area contributed by atoms with E-state index in [1.165, 1.54) is 0 Å². The van der Waals surface area contributed by atoms with Gasteiger partial charge in [0.15, 0.2) is 0 Å². The van der Waals surface area contributed by atoms with Gasteiger partial charge in [-0.3, -0.25) is 10.1 Å². The number of hydrogen-bond acceptors (Lipinski definition) is 4. The van der Waals surface area contributed by atoms with Crippen LogP contribution in [0.2, 0.25) is 0 Å². The Bertz CT molecular complexity index is 452. The molecule has 106 valence electrons. The van der Waals surface area contributed by atoms with E-state index in [4.69, 9.17) is 5.73 Å². The number of aliphatic hydroxyl groups is 1. The normalized spacial score (nSPS) is 14.4. The molecule has 0 radical (unpaired) electrons. The van der Waals surface area contributed by atoms with E-state index in [0.717, 1.165) is 24.6 Å². The van der Waals surface area contributed by atoms with Crippen LogP contribution in [-0.2, 0) is 0 Å². The van der Waals surface area contributed by atoms with Gasteiger partial charge >= 0.3 is 0 Å². The van der Waals surface area contributed by atoms with Gasteiger partial charge in [0.1, 0.15) is 5.82 Å². The Balaban J connectivity index is 2.94. The van der Waals surface area contributed by atoms with Crippen LogP contribution >= 0.6 is 0 Å². The number of rotatable bonds is 6. The highest BCUT2D eigenvalue weighted by molar-refractivity contribution is 5.42. The maximum absolute atomic E-state index is 13.2. The van der Waals surface area contributed by atoms with Crippen molar-refractivity contribution in [2.45, 2.75) is 38.8 Å². The predicted molar refractivity (Wildman–Crippen MR) is 70.1 cm³/mol. The minimum Gasteiger partial charge on any atom is -0.391 e. The minimum absolute atomic E-state index is 0.0289. The second-order valence-electron chi connectivity index (χ2n) is 5.02. The summed E-state index contributed by atoms with van der Waals surface area (Å²) in [6, 6.07) is 2.13. The molecule has 0 aliphatic rings. The summed E-state index contributed by atoms with van der Waals surface area (Å²) in [6.07, 6.45) is 0.243. The van der Waals surface area contributed by atoms with E-state index in [0.29, 0.717) is 12.3 Å². The third-order valence-electron chi connectivity index (χ3n) is 3.00. The Morgan fingerprint density at radius 3 is 2.58 bits per heavy atom. The molecule has 0 amide bonds. The maximum atomic E-state index is 13.2. The highest BCUT2D eigenvalue weighted by Crippen LogP contribution is 2.28. The van der Waals surface area contributed by atoms with Gasteiger partial charge in [-0.15, -0.1) is 0 Å². The molecule has 3 N–H and O–H groups in total. The molecule has 0 spiro atoms. The quantitative estimate of drug-likeness (QED) is 0.614. The molecule has 0 aliphatic heterocycles. The summed E-state index contributed by atoms with van der Waals surface area (Å²) < 4.78 is 13.2. The topological polar surface area (TPSA) is 89.4 Å². The molecule has 1 rings (SSSR count). The van der Waals surface area contributed by atoms with Crippen LogP contribution in [0.25, 0.3) is 0 Å².